The minimum Gasteiger partial charge on any atom is -0.333 e. The van der Waals surface area contributed by atoms with Gasteiger partial charge < -0.3 is 9.80 Å². The molecule has 176 valence electrons. The molecule has 0 saturated heterocycles. The Bertz CT molecular complexity index is 1290. The molecule has 1 aliphatic rings. The Morgan fingerprint density at radius 3 is 2.06 bits per heavy atom. The molecule has 0 N–H and O–H groups in total. The van der Waals surface area contributed by atoms with E-state index in [-0.39, 0.29) is 11.8 Å². The lowest BCUT2D eigenvalue weighted by Crippen LogP contribution is -2.39. The molecule has 5 rings (SSSR count). The second-order valence-electron chi connectivity index (χ2n) is 8.80. The number of hydrogen-bond donors (Lipinski definition) is 0. The molecule has 6 nitrogen and oxygen atoms in total. The van der Waals surface area contributed by atoms with Crippen LogP contribution in [0.3, 0.4) is 0 Å². The van der Waals surface area contributed by atoms with Crippen molar-refractivity contribution in [2.24, 2.45) is 0 Å². The van der Waals surface area contributed by atoms with Crippen LogP contribution in [0.4, 0.5) is 0 Å². The molecule has 1 aromatic heterocycles. The monoisotopic (exact) mass is 464 g/mol. The quantitative estimate of drug-likeness (QED) is 0.388. The van der Waals surface area contributed by atoms with E-state index in [1.54, 1.807) is 10.7 Å². The minimum atomic E-state index is -0.158. The molecule has 4 aromatic rings. The van der Waals surface area contributed by atoms with Gasteiger partial charge in [0.05, 0.1) is 6.54 Å². The molecule has 35 heavy (non-hydrogen) atoms. The number of amides is 2. The number of hydrogen-bond acceptors (Lipinski definition) is 3. The summed E-state index contributed by atoms with van der Waals surface area (Å²) >= 11 is 0. The van der Waals surface area contributed by atoms with Gasteiger partial charge in [-0.2, -0.15) is 5.10 Å². The first kappa shape index (κ1) is 22.6. The Labute approximate surface area is 205 Å². The van der Waals surface area contributed by atoms with Crippen LogP contribution in [-0.4, -0.2) is 44.5 Å². The largest absolute Gasteiger partial charge is 0.333 e. The number of benzene rings is 3. The second kappa shape index (κ2) is 10.4. The zero-order valence-corrected chi connectivity index (χ0v) is 19.6. The summed E-state index contributed by atoms with van der Waals surface area (Å²) in [5.74, 6) is -0.250. The van der Waals surface area contributed by atoms with Crippen LogP contribution in [0.25, 0.3) is 0 Å². The van der Waals surface area contributed by atoms with E-state index in [2.05, 4.69) is 17.2 Å². The van der Waals surface area contributed by atoms with Gasteiger partial charge in [-0.25, -0.2) is 0 Å². The van der Waals surface area contributed by atoms with Gasteiger partial charge in [0.15, 0.2) is 5.69 Å². The van der Waals surface area contributed by atoms with Crippen LogP contribution in [0, 0.1) is 0 Å². The standard InChI is InChI=1S/C29H28N4O2/c34-28(31(21-24-12-6-2-7-13-24)17-16-23-10-4-1-5-11-23)26-20-27-29(35)32(18-19-33(27)30-26)22-25-14-8-3-9-15-25/h1-15,20H,16-19,21-22H2. The fraction of sp³-hybridized carbons (Fsp3) is 0.207. The summed E-state index contributed by atoms with van der Waals surface area (Å²) < 4.78 is 1.68. The van der Waals surface area contributed by atoms with E-state index in [1.165, 1.54) is 5.56 Å². The second-order valence-corrected chi connectivity index (χ2v) is 8.80. The molecule has 0 aliphatic carbocycles. The predicted molar refractivity (Wildman–Crippen MR) is 135 cm³/mol. The van der Waals surface area contributed by atoms with Crippen LogP contribution in [0.2, 0.25) is 0 Å². The molecule has 1 aliphatic heterocycles. The van der Waals surface area contributed by atoms with Gasteiger partial charge in [-0.05, 0) is 23.1 Å². The Kier molecular flexibility index (Phi) is 6.70. The lowest BCUT2D eigenvalue weighted by atomic mass is 10.1. The molecule has 0 radical (unpaired) electrons. The molecule has 0 bridgehead atoms. The van der Waals surface area contributed by atoms with E-state index < -0.39 is 0 Å². The van der Waals surface area contributed by atoms with Crippen LogP contribution in [-0.2, 0) is 26.1 Å². The van der Waals surface area contributed by atoms with Gasteiger partial charge in [-0.3, -0.25) is 14.3 Å². The molecule has 3 aromatic carbocycles. The topological polar surface area (TPSA) is 58.4 Å². The van der Waals surface area contributed by atoms with Gasteiger partial charge in [0.2, 0.25) is 0 Å². The van der Waals surface area contributed by atoms with Crippen molar-refractivity contribution >= 4 is 11.8 Å². The molecule has 0 spiro atoms. The lowest BCUT2D eigenvalue weighted by molar-refractivity contribution is 0.0680. The third kappa shape index (κ3) is 5.32. The van der Waals surface area contributed by atoms with Crippen LogP contribution >= 0.6 is 0 Å². The van der Waals surface area contributed by atoms with Crippen LogP contribution in [0.1, 0.15) is 37.7 Å². The van der Waals surface area contributed by atoms with E-state index in [4.69, 9.17) is 0 Å². The van der Waals surface area contributed by atoms with E-state index in [0.29, 0.717) is 44.1 Å². The molecule has 0 fully saturated rings. The number of nitrogens with zero attached hydrogens (tertiary/aromatic N) is 4. The summed E-state index contributed by atoms with van der Waals surface area (Å²) in [5, 5.41) is 4.54. The zero-order chi connectivity index (χ0) is 24.0. The molecule has 0 atom stereocenters. The van der Waals surface area contributed by atoms with Gasteiger partial charge in [0.25, 0.3) is 11.8 Å². The maximum atomic E-state index is 13.6. The van der Waals surface area contributed by atoms with Crippen molar-refractivity contribution in [3.8, 4) is 0 Å². The fourth-order valence-electron chi connectivity index (χ4n) is 4.42. The van der Waals surface area contributed by atoms with Crippen molar-refractivity contribution in [2.45, 2.75) is 26.1 Å². The third-order valence-corrected chi connectivity index (χ3v) is 6.32. The van der Waals surface area contributed by atoms with Gasteiger partial charge >= 0.3 is 0 Å². The zero-order valence-electron chi connectivity index (χ0n) is 19.6. The highest BCUT2D eigenvalue weighted by molar-refractivity contribution is 5.98. The average Bonchev–Trinajstić information content (AvgIpc) is 3.35. The highest BCUT2D eigenvalue weighted by Crippen LogP contribution is 2.19. The van der Waals surface area contributed by atoms with E-state index in [0.717, 1.165) is 17.5 Å². The van der Waals surface area contributed by atoms with E-state index in [9.17, 15) is 9.59 Å². The Balaban J connectivity index is 1.35. The molecular weight excluding hydrogens is 436 g/mol. The van der Waals surface area contributed by atoms with Crippen molar-refractivity contribution < 1.29 is 9.59 Å². The summed E-state index contributed by atoms with van der Waals surface area (Å²) in [5.41, 5.74) is 4.11. The van der Waals surface area contributed by atoms with Crippen molar-refractivity contribution in [1.82, 2.24) is 19.6 Å². The third-order valence-electron chi connectivity index (χ3n) is 6.32. The molecule has 0 saturated carbocycles. The first-order valence-corrected chi connectivity index (χ1v) is 12.0. The van der Waals surface area contributed by atoms with Crippen LogP contribution in [0.5, 0.6) is 0 Å². The Hall–Kier alpha value is -4.19. The molecule has 0 unspecified atom stereocenters. The van der Waals surface area contributed by atoms with Crippen molar-refractivity contribution in [3.05, 3.63) is 125 Å². The number of carbonyl (C=O) groups excluding carboxylic acids is 2. The van der Waals surface area contributed by atoms with Gasteiger partial charge in [-0.1, -0.05) is 91.0 Å². The van der Waals surface area contributed by atoms with Crippen molar-refractivity contribution in [3.63, 3.8) is 0 Å². The first-order valence-electron chi connectivity index (χ1n) is 12.0. The van der Waals surface area contributed by atoms with Gasteiger partial charge in [0, 0.05) is 32.2 Å². The first-order chi connectivity index (χ1) is 17.2. The fourth-order valence-corrected chi connectivity index (χ4v) is 4.42. The minimum absolute atomic E-state index is 0.0921. The number of carbonyl (C=O) groups is 2. The summed E-state index contributed by atoms with van der Waals surface area (Å²) in [4.78, 5) is 30.4. The van der Waals surface area contributed by atoms with Crippen LogP contribution < -0.4 is 0 Å². The summed E-state index contributed by atoms with van der Waals surface area (Å²) in [7, 11) is 0. The highest BCUT2D eigenvalue weighted by atomic mass is 16.2. The molecular formula is C29H28N4O2. The average molecular weight is 465 g/mol. The SMILES string of the molecule is O=C(c1cc2n(n1)CCN(Cc1ccccc1)C2=O)N(CCc1ccccc1)Cc1ccccc1. The Morgan fingerprint density at radius 2 is 1.40 bits per heavy atom. The smallest absolute Gasteiger partial charge is 0.274 e. The maximum Gasteiger partial charge on any atom is 0.274 e. The van der Waals surface area contributed by atoms with E-state index in [1.807, 2.05) is 88.7 Å². The molecule has 2 heterocycles. The lowest BCUT2D eigenvalue weighted by Gasteiger charge is -2.27. The maximum absolute atomic E-state index is 13.6. The molecule has 6 heteroatoms. The van der Waals surface area contributed by atoms with Crippen molar-refractivity contribution in [2.75, 3.05) is 13.1 Å². The predicted octanol–water partition coefficient (Wildman–Crippen LogP) is 4.42. The number of fused-ring (bicyclic) bond motifs is 1. The summed E-state index contributed by atoms with van der Waals surface area (Å²) in [6.45, 7) is 2.74. The highest BCUT2D eigenvalue weighted by Gasteiger charge is 2.29. The normalized spacial score (nSPS) is 12.9. The van der Waals surface area contributed by atoms with E-state index >= 15 is 0 Å². The van der Waals surface area contributed by atoms with Gasteiger partial charge in [-0.15, -0.1) is 0 Å². The summed E-state index contributed by atoms with van der Waals surface area (Å²) in [6, 6.07) is 31.7. The number of aromatic nitrogens is 2. The van der Waals surface area contributed by atoms with Crippen molar-refractivity contribution in [1.29, 1.82) is 0 Å². The van der Waals surface area contributed by atoms with Crippen LogP contribution in [0.15, 0.2) is 97.1 Å². The molecule has 2 amide bonds. The van der Waals surface area contributed by atoms with Gasteiger partial charge in [0.1, 0.15) is 5.69 Å². The number of rotatable bonds is 8. The summed E-state index contributed by atoms with van der Waals surface area (Å²) in [6.07, 6.45) is 0.747. The Morgan fingerprint density at radius 1 is 0.800 bits per heavy atom.